The molecule has 0 aromatic heterocycles. The van der Waals surface area contributed by atoms with Crippen LogP contribution in [0.4, 0.5) is 0 Å². The first-order valence-electron chi connectivity index (χ1n) is 12.3. The van der Waals surface area contributed by atoms with Crippen molar-refractivity contribution in [3.05, 3.63) is 23.8 Å². The number of aliphatic hydroxyl groups excluding tert-OH is 1. The van der Waals surface area contributed by atoms with Crippen LogP contribution in [0.2, 0.25) is 0 Å². The van der Waals surface area contributed by atoms with Crippen molar-refractivity contribution in [3.63, 3.8) is 0 Å². The zero-order valence-corrected chi connectivity index (χ0v) is 21.2. The van der Waals surface area contributed by atoms with Crippen molar-refractivity contribution in [2.75, 3.05) is 32.8 Å². The van der Waals surface area contributed by atoms with Crippen LogP contribution in [0.15, 0.2) is 18.2 Å². The highest BCUT2D eigenvalue weighted by Gasteiger charge is 2.54. The lowest BCUT2D eigenvalue weighted by atomic mass is 9.80. The predicted molar refractivity (Wildman–Crippen MR) is 131 cm³/mol. The molecule has 8 nitrogen and oxygen atoms in total. The van der Waals surface area contributed by atoms with E-state index in [4.69, 9.17) is 9.47 Å². The molecule has 34 heavy (non-hydrogen) atoms. The second-order valence-electron chi connectivity index (χ2n) is 9.81. The Morgan fingerprint density at radius 2 is 1.82 bits per heavy atom. The van der Waals surface area contributed by atoms with E-state index in [9.17, 15) is 14.7 Å². The number of hydrogen-bond donors (Lipinski definition) is 2. The number of halogens is 1. The normalized spacial score (nSPS) is 23.0. The Hall–Kier alpha value is -2.03. The first-order valence-corrected chi connectivity index (χ1v) is 12.3. The molecule has 1 aromatic rings. The SMILES string of the molecule is CCCCN1C(=O)[C@@H]([C@H](O)C(C)C)NC(=O)C12CCN(Cc1ccc3c(c1)OCCO3)CC2.Cl. The molecule has 3 heterocycles. The zero-order chi connectivity index (χ0) is 23.6. The van der Waals surface area contributed by atoms with Gasteiger partial charge in [-0.3, -0.25) is 14.5 Å². The van der Waals surface area contributed by atoms with E-state index < -0.39 is 17.7 Å². The maximum Gasteiger partial charge on any atom is 0.248 e. The van der Waals surface area contributed by atoms with Gasteiger partial charge in [-0.15, -0.1) is 12.4 Å². The topological polar surface area (TPSA) is 91.3 Å². The minimum atomic E-state index is -0.891. The third kappa shape index (κ3) is 5.14. The van der Waals surface area contributed by atoms with Crippen LogP contribution in [0.3, 0.4) is 0 Å². The fourth-order valence-electron chi connectivity index (χ4n) is 5.12. The van der Waals surface area contributed by atoms with Crippen LogP contribution in [0.25, 0.3) is 0 Å². The van der Waals surface area contributed by atoms with Gasteiger partial charge in [-0.05, 0) is 42.9 Å². The molecular formula is C25H38ClN3O5. The van der Waals surface area contributed by atoms with Crippen LogP contribution < -0.4 is 14.8 Å². The van der Waals surface area contributed by atoms with E-state index in [1.165, 1.54) is 0 Å². The standard InChI is InChI=1S/C25H37N3O5.ClH/c1-4-5-10-28-23(30)21(22(29)17(2)3)26-24(31)25(28)8-11-27(12-9-25)16-18-6-7-19-20(15-18)33-14-13-32-19;/h6-7,15,17,21-22,29H,4-5,8-14,16H2,1-3H3,(H,26,31);1H/t21-,22-;/m1./s1. The summed E-state index contributed by atoms with van der Waals surface area (Å²) in [4.78, 5) is 30.9. The molecule has 2 amide bonds. The van der Waals surface area contributed by atoms with Crippen LogP contribution in [-0.4, -0.2) is 77.3 Å². The smallest absolute Gasteiger partial charge is 0.248 e. The molecule has 190 valence electrons. The highest BCUT2D eigenvalue weighted by molar-refractivity contribution is 6.00. The first kappa shape index (κ1) is 26.6. The summed E-state index contributed by atoms with van der Waals surface area (Å²) in [5.41, 5.74) is 0.310. The number of piperidine rings is 1. The monoisotopic (exact) mass is 495 g/mol. The predicted octanol–water partition coefficient (Wildman–Crippen LogP) is 2.36. The summed E-state index contributed by atoms with van der Waals surface area (Å²) in [7, 11) is 0. The lowest BCUT2D eigenvalue weighted by Crippen LogP contribution is -2.74. The van der Waals surface area contributed by atoms with Gasteiger partial charge in [0.1, 0.15) is 24.8 Å². The van der Waals surface area contributed by atoms with Gasteiger partial charge in [-0.2, -0.15) is 0 Å². The second-order valence-corrected chi connectivity index (χ2v) is 9.81. The number of unbranched alkanes of at least 4 members (excludes halogenated alkanes) is 1. The van der Waals surface area contributed by atoms with E-state index in [1.54, 1.807) is 4.90 Å². The minimum absolute atomic E-state index is 0. The number of hydrogen-bond acceptors (Lipinski definition) is 6. The highest BCUT2D eigenvalue weighted by atomic mass is 35.5. The quantitative estimate of drug-likeness (QED) is 0.603. The fraction of sp³-hybridized carbons (Fsp3) is 0.680. The zero-order valence-electron chi connectivity index (χ0n) is 20.4. The second kappa shape index (κ2) is 11.1. The molecule has 0 radical (unpaired) electrons. The number of benzene rings is 1. The van der Waals surface area contributed by atoms with Crippen LogP contribution in [0.5, 0.6) is 11.5 Å². The number of nitrogens with one attached hydrogen (secondary N) is 1. The average molecular weight is 496 g/mol. The number of aliphatic hydroxyl groups is 1. The van der Waals surface area contributed by atoms with Crippen molar-refractivity contribution in [2.45, 2.75) is 70.7 Å². The summed E-state index contributed by atoms with van der Waals surface area (Å²) in [6, 6.07) is 5.17. The van der Waals surface area contributed by atoms with Crippen LogP contribution in [0.1, 0.15) is 52.0 Å². The molecule has 0 unspecified atom stereocenters. The van der Waals surface area contributed by atoms with Crippen molar-refractivity contribution < 1.29 is 24.2 Å². The van der Waals surface area contributed by atoms with E-state index in [0.29, 0.717) is 32.6 Å². The molecule has 0 bridgehead atoms. The molecule has 2 fully saturated rings. The molecule has 9 heteroatoms. The number of rotatable bonds is 7. The van der Waals surface area contributed by atoms with Gasteiger partial charge in [0.15, 0.2) is 11.5 Å². The molecule has 0 saturated carbocycles. The van der Waals surface area contributed by atoms with Gasteiger partial charge < -0.3 is 24.8 Å². The minimum Gasteiger partial charge on any atom is -0.486 e. The Morgan fingerprint density at radius 3 is 2.47 bits per heavy atom. The Bertz CT molecular complexity index is 872. The van der Waals surface area contributed by atoms with Crippen molar-refractivity contribution in [2.24, 2.45) is 5.92 Å². The van der Waals surface area contributed by atoms with E-state index in [2.05, 4.69) is 23.2 Å². The molecule has 2 N–H and O–H groups in total. The maximum absolute atomic E-state index is 13.4. The summed E-state index contributed by atoms with van der Waals surface area (Å²) in [5, 5.41) is 13.5. The van der Waals surface area contributed by atoms with Crippen LogP contribution in [0, 0.1) is 5.92 Å². The molecular weight excluding hydrogens is 458 g/mol. The molecule has 1 spiro atoms. The Morgan fingerprint density at radius 1 is 1.15 bits per heavy atom. The van der Waals surface area contributed by atoms with Crippen molar-refractivity contribution in [3.8, 4) is 11.5 Å². The Kier molecular flexibility index (Phi) is 8.71. The van der Waals surface area contributed by atoms with Gasteiger partial charge in [0, 0.05) is 26.2 Å². The van der Waals surface area contributed by atoms with E-state index in [-0.39, 0.29) is 30.1 Å². The summed E-state index contributed by atoms with van der Waals surface area (Å²) < 4.78 is 11.3. The van der Waals surface area contributed by atoms with Gasteiger partial charge in [-0.1, -0.05) is 33.3 Å². The Labute approximate surface area is 208 Å². The van der Waals surface area contributed by atoms with Crippen LogP contribution >= 0.6 is 12.4 Å². The van der Waals surface area contributed by atoms with E-state index >= 15 is 0 Å². The van der Waals surface area contributed by atoms with E-state index in [0.717, 1.165) is 49.5 Å². The van der Waals surface area contributed by atoms with Crippen molar-refractivity contribution >= 4 is 24.2 Å². The lowest BCUT2D eigenvalue weighted by Gasteiger charge is -2.52. The largest absolute Gasteiger partial charge is 0.486 e. The van der Waals surface area contributed by atoms with Gasteiger partial charge >= 0.3 is 0 Å². The number of carbonyl (C=O) groups excluding carboxylic acids is 2. The summed E-state index contributed by atoms with van der Waals surface area (Å²) in [5.74, 6) is 1.18. The third-order valence-electron chi connectivity index (χ3n) is 7.21. The Balaban J connectivity index is 0.00000324. The van der Waals surface area contributed by atoms with Crippen molar-refractivity contribution in [1.82, 2.24) is 15.1 Å². The van der Waals surface area contributed by atoms with Crippen LogP contribution in [-0.2, 0) is 16.1 Å². The maximum atomic E-state index is 13.4. The number of fused-ring (bicyclic) bond motifs is 1. The van der Waals surface area contributed by atoms with Crippen molar-refractivity contribution in [1.29, 1.82) is 0 Å². The molecule has 1 aromatic carbocycles. The average Bonchev–Trinajstić information content (AvgIpc) is 2.82. The molecule has 3 aliphatic rings. The summed E-state index contributed by atoms with van der Waals surface area (Å²) in [6.45, 7) is 9.68. The molecule has 2 saturated heterocycles. The molecule has 4 rings (SSSR count). The van der Waals surface area contributed by atoms with Gasteiger partial charge in [0.25, 0.3) is 0 Å². The molecule has 3 aliphatic heterocycles. The van der Waals surface area contributed by atoms with E-state index in [1.807, 2.05) is 26.0 Å². The number of piperazine rings is 1. The summed E-state index contributed by atoms with van der Waals surface area (Å²) >= 11 is 0. The fourth-order valence-corrected chi connectivity index (χ4v) is 5.12. The van der Waals surface area contributed by atoms with Gasteiger partial charge in [-0.25, -0.2) is 0 Å². The molecule has 2 atom stereocenters. The van der Waals surface area contributed by atoms with Gasteiger partial charge in [0.2, 0.25) is 11.8 Å². The molecule has 0 aliphatic carbocycles. The number of carbonyl (C=O) groups is 2. The number of likely N-dealkylation sites (tertiary alicyclic amines) is 1. The first-order chi connectivity index (χ1) is 15.9. The number of ether oxygens (including phenoxy) is 2. The summed E-state index contributed by atoms with van der Waals surface area (Å²) in [6.07, 6.45) is 2.06. The highest BCUT2D eigenvalue weighted by Crippen LogP contribution is 2.36. The lowest BCUT2D eigenvalue weighted by molar-refractivity contribution is -0.165. The van der Waals surface area contributed by atoms with Gasteiger partial charge in [0.05, 0.1) is 6.10 Å². The third-order valence-corrected chi connectivity index (χ3v) is 7.21. The number of amides is 2. The number of nitrogens with zero attached hydrogens (tertiary/aromatic N) is 2.